The monoisotopic (exact) mass is 533 g/mol. The fourth-order valence-electron chi connectivity index (χ4n) is 3.41. The SMILES string of the molecule is CCOc1cccc(C(=O)c2ncc(-c3nnnn3C)c3cc(OC)c(OC)cc23)c1.O=C(O)C(F)(F)F. The molecule has 0 aliphatic carbocycles. The van der Waals surface area contributed by atoms with Crippen LogP contribution < -0.4 is 14.2 Å². The van der Waals surface area contributed by atoms with Gasteiger partial charge in [0, 0.05) is 35.1 Å². The van der Waals surface area contributed by atoms with Crippen LogP contribution in [-0.2, 0) is 11.8 Å². The average molecular weight is 533 g/mol. The second kappa shape index (κ2) is 11.5. The van der Waals surface area contributed by atoms with E-state index in [4.69, 9.17) is 24.1 Å². The van der Waals surface area contributed by atoms with E-state index in [-0.39, 0.29) is 11.5 Å². The van der Waals surface area contributed by atoms with Crippen LogP contribution in [0.4, 0.5) is 13.2 Å². The molecule has 1 N–H and O–H groups in total. The number of carbonyl (C=O) groups excluding carboxylic acids is 1. The van der Waals surface area contributed by atoms with Crippen LogP contribution in [0.2, 0.25) is 0 Å². The number of methoxy groups -OCH3 is 2. The van der Waals surface area contributed by atoms with Crippen LogP contribution in [0.1, 0.15) is 23.0 Å². The maximum atomic E-state index is 13.4. The molecule has 2 aromatic heterocycles. The predicted octanol–water partition coefficient (Wildman–Crippen LogP) is 3.71. The van der Waals surface area contributed by atoms with E-state index >= 15 is 0 Å². The Morgan fingerprint density at radius 1 is 1.05 bits per heavy atom. The molecule has 4 aromatic rings. The van der Waals surface area contributed by atoms with Gasteiger partial charge in [0.25, 0.3) is 0 Å². The molecule has 0 spiro atoms. The molecule has 0 fully saturated rings. The molecule has 38 heavy (non-hydrogen) atoms. The number of rotatable bonds is 7. The Kier molecular flexibility index (Phi) is 8.45. The summed E-state index contributed by atoms with van der Waals surface area (Å²) in [5.41, 5.74) is 1.43. The summed E-state index contributed by atoms with van der Waals surface area (Å²) in [5.74, 6) is -0.842. The van der Waals surface area contributed by atoms with Gasteiger partial charge in [0.2, 0.25) is 5.78 Å². The van der Waals surface area contributed by atoms with E-state index in [1.54, 1.807) is 62.5 Å². The zero-order valence-corrected chi connectivity index (χ0v) is 20.6. The maximum absolute atomic E-state index is 13.4. The van der Waals surface area contributed by atoms with Gasteiger partial charge in [0.1, 0.15) is 11.4 Å². The molecule has 200 valence electrons. The molecule has 11 nitrogen and oxygen atoms in total. The number of halogens is 3. The first-order valence-corrected chi connectivity index (χ1v) is 10.9. The van der Waals surface area contributed by atoms with E-state index < -0.39 is 12.1 Å². The summed E-state index contributed by atoms with van der Waals surface area (Å²) in [6.07, 6.45) is -3.49. The zero-order chi connectivity index (χ0) is 28.0. The highest BCUT2D eigenvalue weighted by atomic mass is 19.4. The van der Waals surface area contributed by atoms with Crippen molar-refractivity contribution in [3.63, 3.8) is 0 Å². The lowest BCUT2D eigenvalue weighted by Crippen LogP contribution is -2.21. The van der Waals surface area contributed by atoms with Crippen molar-refractivity contribution in [3.05, 3.63) is 53.9 Å². The van der Waals surface area contributed by atoms with Crippen LogP contribution in [-0.4, -0.2) is 69.1 Å². The van der Waals surface area contributed by atoms with Crippen molar-refractivity contribution in [2.75, 3.05) is 20.8 Å². The van der Waals surface area contributed by atoms with Gasteiger partial charge < -0.3 is 19.3 Å². The fourth-order valence-corrected chi connectivity index (χ4v) is 3.41. The molecular formula is C24H22F3N5O6. The average Bonchev–Trinajstić information content (AvgIpc) is 3.32. The number of carboxylic acids is 1. The van der Waals surface area contributed by atoms with Crippen molar-refractivity contribution in [2.45, 2.75) is 13.1 Å². The van der Waals surface area contributed by atoms with Crippen LogP contribution in [0.15, 0.2) is 42.6 Å². The predicted molar refractivity (Wildman–Crippen MR) is 127 cm³/mol. The van der Waals surface area contributed by atoms with Gasteiger partial charge in [-0.2, -0.15) is 13.2 Å². The Hall–Kier alpha value is -4.75. The number of nitrogens with zero attached hydrogens (tertiary/aromatic N) is 5. The summed E-state index contributed by atoms with van der Waals surface area (Å²) >= 11 is 0. The Balaban J connectivity index is 0.000000505. The quantitative estimate of drug-likeness (QED) is 0.350. The zero-order valence-electron chi connectivity index (χ0n) is 20.6. The number of pyridine rings is 1. The van der Waals surface area contributed by atoms with Crippen molar-refractivity contribution < 1.29 is 42.1 Å². The number of ether oxygens (including phenoxy) is 3. The lowest BCUT2D eigenvalue weighted by Gasteiger charge is -2.14. The third-order valence-corrected chi connectivity index (χ3v) is 5.12. The molecule has 2 aromatic carbocycles. The van der Waals surface area contributed by atoms with Gasteiger partial charge in [-0.3, -0.25) is 9.78 Å². The third kappa shape index (κ3) is 5.96. The Bertz CT molecular complexity index is 1470. The minimum atomic E-state index is -5.08. The number of tetrazole rings is 1. The van der Waals surface area contributed by atoms with Crippen molar-refractivity contribution in [1.82, 2.24) is 25.2 Å². The second-order valence-corrected chi connectivity index (χ2v) is 7.49. The number of carbonyl (C=O) groups is 2. The summed E-state index contributed by atoms with van der Waals surface area (Å²) < 4.78 is 49.7. The lowest BCUT2D eigenvalue weighted by atomic mass is 9.98. The van der Waals surface area contributed by atoms with Crippen molar-refractivity contribution >= 4 is 22.5 Å². The van der Waals surface area contributed by atoms with Gasteiger partial charge in [0.15, 0.2) is 17.3 Å². The van der Waals surface area contributed by atoms with E-state index in [2.05, 4.69) is 20.5 Å². The number of aryl methyl sites for hydroxylation is 1. The summed E-state index contributed by atoms with van der Waals surface area (Å²) in [5, 5.41) is 20.1. The molecule has 0 saturated carbocycles. The van der Waals surface area contributed by atoms with Gasteiger partial charge in [-0.05, 0) is 41.6 Å². The Morgan fingerprint density at radius 3 is 2.21 bits per heavy atom. The van der Waals surface area contributed by atoms with E-state index in [0.717, 1.165) is 5.39 Å². The standard InChI is InChI=1S/C22H21N5O4.C2HF3O2/c1-5-31-14-8-6-7-13(9-14)21(28)20-16-11-19(30-4)18(29-3)10-15(16)17(12-23-20)22-24-25-26-27(22)2;3-2(4,5)1(6)7/h6-12H,5H2,1-4H3;(H,6,7). The Labute approximate surface area is 213 Å². The van der Waals surface area contributed by atoms with E-state index in [1.165, 1.54) is 0 Å². The first-order chi connectivity index (χ1) is 18.0. The molecule has 0 amide bonds. The number of fused-ring (bicyclic) bond motifs is 1. The third-order valence-electron chi connectivity index (χ3n) is 5.12. The summed E-state index contributed by atoms with van der Waals surface area (Å²) in [6, 6.07) is 10.6. The van der Waals surface area contributed by atoms with Crippen LogP contribution in [0.3, 0.4) is 0 Å². The smallest absolute Gasteiger partial charge is 0.490 e. The van der Waals surface area contributed by atoms with Gasteiger partial charge in [-0.1, -0.05) is 12.1 Å². The van der Waals surface area contributed by atoms with E-state index in [9.17, 15) is 18.0 Å². The number of aromatic nitrogens is 5. The van der Waals surface area contributed by atoms with Gasteiger partial charge >= 0.3 is 12.1 Å². The van der Waals surface area contributed by atoms with E-state index in [1.807, 2.05) is 13.0 Å². The molecule has 0 atom stereocenters. The first-order valence-electron chi connectivity index (χ1n) is 10.9. The Morgan fingerprint density at radius 2 is 1.68 bits per heavy atom. The highest BCUT2D eigenvalue weighted by Crippen LogP contribution is 2.37. The maximum Gasteiger partial charge on any atom is 0.490 e. The van der Waals surface area contributed by atoms with Gasteiger partial charge in [-0.25, -0.2) is 9.48 Å². The minimum absolute atomic E-state index is 0.235. The molecule has 4 rings (SSSR count). The lowest BCUT2D eigenvalue weighted by molar-refractivity contribution is -0.192. The molecule has 0 aliphatic rings. The number of alkyl halides is 3. The molecule has 0 aliphatic heterocycles. The summed E-state index contributed by atoms with van der Waals surface area (Å²) in [4.78, 5) is 26.8. The normalized spacial score (nSPS) is 10.9. The summed E-state index contributed by atoms with van der Waals surface area (Å²) in [6.45, 7) is 2.40. The minimum Gasteiger partial charge on any atom is -0.494 e. The number of aliphatic carboxylic acids is 1. The molecule has 0 saturated heterocycles. The first kappa shape index (κ1) is 27.8. The van der Waals surface area contributed by atoms with Crippen molar-refractivity contribution in [3.8, 4) is 28.6 Å². The molecule has 2 heterocycles. The van der Waals surface area contributed by atoms with Crippen LogP contribution in [0, 0.1) is 0 Å². The fraction of sp³-hybridized carbons (Fsp3) is 0.250. The number of carboxylic acid groups (broad SMARTS) is 1. The highest BCUT2D eigenvalue weighted by Gasteiger charge is 2.38. The number of ketones is 1. The number of hydrogen-bond donors (Lipinski definition) is 1. The second-order valence-electron chi connectivity index (χ2n) is 7.49. The molecule has 14 heteroatoms. The molecular weight excluding hydrogens is 511 g/mol. The highest BCUT2D eigenvalue weighted by molar-refractivity contribution is 6.17. The van der Waals surface area contributed by atoms with Gasteiger partial charge in [0.05, 0.1) is 20.8 Å². The molecule has 0 radical (unpaired) electrons. The topological polar surface area (TPSA) is 139 Å². The van der Waals surface area contributed by atoms with Crippen LogP contribution in [0.25, 0.3) is 22.2 Å². The number of hydrogen-bond acceptors (Lipinski definition) is 9. The summed E-state index contributed by atoms with van der Waals surface area (Å²) in [7, 11) is 4.83. The van der Waals surface area contributed by atoms with Crippen LogP contribution in [0.5, 0.6) is 17.2 Å². The largest absolute Gasteiger partial charge is 0.494 e. The van der Waals surface area contributed by atoms with Gasteiger partial charge in [-0.15, -0.1) is 5.10 Å². The molecule has 0 unspecified atom stereocenters. The van der Waals surface area contributed by atoms with Crippen molar-refractivity contribution in [1.29, 1.82) is 0 Å². The number of benzene rings is 2. The van der Waals surface area contributed by atoms with E-state index in [0.29, 0.717) is 46.2 Å². The van der Waals surface area contributed by atoms with Crippen LogP contribution >= 0.6 is 0 Å². The molecule has 0 bridgehead atoms. The van der Waals surface area contributed by atoms with Crippen molar-refractivity contribution in [2.24, 2.45) is 7.05 Å².